The van der Waals surface area contributed by atoms with Crippen LogP contribution in [-0.4, -0.2) is 59.9 Å². The molecule has 0 amide bonds. The average Bonchev–Trinajstić information content (AvgIpc) is 3.08. The Balaban J connectivity index is 0.00000280. The summed E-state index contributed by atoms with van der Waals surface area (Å²) in [5.74, 6) is 0.0401. The number of anilines is 1. The number of hydrogen-bond acceptors (Lipinski definition) is 3. The molecule has 154 valence electrons. The second-order valence-corrected chi connectivity index (χ2v) is 6.59. The number of piperazine rings is 1. The zero-order valence-electron chi connectivity index (χ0n) is 16.2. The minimum Gasteiger partial charge on any atom is -0.366 e. The number of guanidine groups is 1. The molecule has 0 bridgehead atoms. The van der Waals surface area contributed by atoms with Crippen molar-refractivity contribution in [2.24, 2.45) is 4.99 Å². The Morgan fingerprint density at radius 2 is 1.96 bits per heavy atom. The molecule has 3 rings (SSSR count). The van der Waals surface area contributed by atoms with Crippen LogP contribution in [0, 0.1) is 18.6 Å². The molecular weight excluding hydrogens is 477 g/mol. The zero-order valence-corrected chi connectivity index (χ0v) is 18.6. The Hall–Kier alpha value is -1.91. The van der Waals surface area contributed by atoms with Gasteiger partial charge in [-0.05, 0) is 31.5 Å². The van der Waals surface area contributed by atoms with E-state index in [1.54, 1.807) is 0 Å². The quantitative estimate of drug-likeness (QED) is 0.387. The lowest BCUT2D eigenvalue weighted by Gasteiger charge is -2.37. The fraction of sp³-hybridized carbons (Fsp3) is 0.474. The van der Waals surface area contributed by atoms with Crippen LogP contribution < -0.4 is 10.2 Å². The molecule has 0 saturated carbocycles. The van der Waals surface area contributed by atoms with E-state index in [0.717, 1.165) is 30.7 Å². The fourth-order valence-corrected chi connectivity index (χ4v) is 3.16. The highest BCUT2D eigenvalue weighted by Gasteiger charge is 2.22. The normalized spacial score (nSPS) is 14.8. The SMILES string of the molecule is CCNC(=NCCn1cc(C)cn1)N1CCN(c2cc(F)ccc2F)CC1.I. The summed E-state index contributed by atoms with van der Waals surface area (Å²) in [6, 6.07) is 3.59. The number of aromatic nitrogens is 2. The van der Waals surface area contributed by atoms with Crippen LogP contribution in [0.4, 0.5) is 14.5 Å². The Bertz CT molecular complexity index is 786. The number of aryl methyl sites for hydroxylation is 1. The van der Waals surface area contributed by atoms with E-state index in [9.17, 15) is 8.78 Å². The molecule has 1 aliphatic heterocycles. The van der Waals surface area contributed by atoms with Crippen LogP contribution >= 0.6 is 24.0 Å². The van der Waals surface area contributed by atoms with Gasteiger partial charge in [0.15, 0.2) is 5.96 Å². The largest absolute Gasteiger partial charge is 0.366 e. The van der Waals surface area contributed by atoms with Crippen molar-refractivity contribution in [1.82, 2.24) is 20.0 Å². The van der Waals surface area contributed by atoms with Gasteiger partial charge in [-0.1, -0.05) is 0 Å². The van der Waals surface area contributed by atoms with Crippen LogP contribution in [0.1, 0.15) is 12.5 Å². The van der Waals surface area contributed by atoms with Crippen LogP contribution in [0.5, 0.6) is 0 Å². The molecular formula is C19H27F2IN6. The number of nitrogens with one attached hydrogen (secondary N) is 1. The van der Waals surface area contributed by atoms with Crippen molar-refractivity contribution in [2.75, 3.05) is 44.2 Å². The van der Waals surface area contributed by atoms with Crippen molar-refractivity contribution in [3.63, 3.8) is 0 Å². The van der Waals surface area contributed by atoms with Crippen molar-refractivity contribution >= 4 is 35.6 Å². The molecule has 2 aromatic rings. The molecule has 6 nitrogen and oxygen atoms in total. The first-order chi connectivity index (χ1) is 13.1. The average molecular weight is 504 g/mol. The van der Waals surface area contributed by atoms with Gasteiger partial charge in [-0.15, -0.1) is 24.0 Å². The van der Waals surface area contributed by atoms with E-state index < -0.39 is 5.82 Å². The first-order valence-electron chi connectivity index (χ1n) is 9.29. The number of aliphatic imine (C=N–C) groups is 1. The summed E-state index contributed by atoms with van der Waals surface area (Å²) in [5.41, 5.74) is 1.46. The van der Waals surface area contributed by atoms with Crippen LogP contribution in [0.3, 0.4) is 0 Å². The first-order valence-corrected chi connectivity index (χ1v) is 9.29. The molecule has 0 unspecified atom stereocenters. The zero-order chi connectivity index (χ0) is 19.2. The highest BCUT2D eigenvalue weighted by molar-refractivity contribution is 14.0. The highest BCUT2D eigenvalue weighted by Crippen LogP contribution is 2.21. The molecule has 1 fully saturated rings. The van der Waals surface area contributed by atoms with Gasteiger partial charge < -0.3 is 15.1 Å². The molecule has 0 atom stereocenters. The third-order valence-corrected chi connectivity index (χ3v) is 4.52. The monoisotopic (exact) mass is 504 g/mol. The van der Waals surface area contributed by atoms with E-state index in [1.807, 2.05) is 35.8 Å². The van der Waals surface area contributed by atoms with E-state index in [-0.39, 0.29) is 29.8 Å². The second-order valence-electron chi connectivity index (χ2n) is 6.59. The maximum atomic E-state index is 14.0. The molecule has 0 aliphatic carbocycles. The maximum Gasteiger partial charge on any atom is 0.194 e. The molecule has 1 N–H and O–H groups in total. The number of rotatable bonds is 5. The van der Waals surface area contributed by atoms with E-state index in [0.29, 0.717) is 38.4 Å². The van der Waals surface area contributed by atoms with Gasteiger partial charge in [-0.25, -0.2) is 8.78 Å². The molecule has 0 spiro atoms. The summed E-state index contributed by atoms with van der Waals surface area (Å²) in [6.45, 7) is 8.79. The van der Waals surface area contributed by atoms with E-state index >= 15 is 0 Å². The summed E-state index contributed by atoms with van der Waals surface area (Å²) in [4.78, 5) is 8.73. The molecule has 28 heavy (non-hydrogen) atoms. The van der Waals surface area contributed by atoms with Crippen LogP contribution in [-0.2, 0) is 6.54 Å². The Morgan fingerprint density at radius 3 is 2.61 bits per heavy atom. The standard InChI is InChI=1S/C19H26F2N6.HI/c1-3-22-19(23-6-7-27-14-15(2)13-24-27)26-10-8-25(9-11-26)18-12-16(20)4-5-17(18)21;/h4-5,12-14H,3,6-11H2,1-2H3,(H,22,23);1H. The van der Waals surface area contributed by atoms with Gasteiger partial charge in [0.1, 0.15) is 11.6 Å². The summed E-state index contributed by atoms with van der Waals surface area (Å²) < 4.78 is 29.3. The molecule has 1 aromatic carbocycles. The van der Waals surface area contributed by atoms with E-state index in [2.05, 4.69) is 20.3 Å². The predicted molar refractivity (Wildman–Crippen MR) is 119 cm³/mol. The van der Waals surface area contributed by atoms with Gasteiger partial charge in [-0.2, -0.15) is 5.10 Å². The predicted octanol–water partition coefficient (Wildman–Crippen LogP) is 2.88. The summed E-state index contributed by atoms with van der Waals surface area (Å²) in [5, 5.41) is 7.58. The van der Waals surface area contributed by atoms with Crippen molar-refractivity contribution < 1.29 is 8.78 Å². The van der Waals surface area contributed by atoms with Gasteiger partial charge in [0.2, 0.25) is 0 Å². The molecule has 0 radical (unpaired) electrons. The third kappa shape index (κ3) is 5.79. The smallest absolute Gasteiger partial charge is 0.194 e. The van der Waals surface area contributed by atoms with Crippen LogP contribution in [0.2, 0.25) is 0 Å². The molecule has 9 heteroatoms. The second kappa shape index (κ2) is 10.6. The van der Waals surface area contributed by atoms with Gasteiger partial charge in [-0.3, -0.25) is 9.67 Å². The summed E-state index contributed by atoms with van der Waals surface area (Å²) in [6.07, 6.45) is 3.83. The van der Waals surface area contributed by atoms with Crippen molar-refractivity contribution in [3.05, 3.63) is 47.8 Å². The minimum atomic E-state index is -0.419. The summed E-state index contributed by atoms with van der Waals surface area (Å²) in [7, 11) is 0. The Morgan fingerprint density at radius 1 is 1.21 bits per heavy atom. The summed E-state index contributed by atoms with van der Waals surface area (Å²) >= 11 is 0. The van der Waals surface area contributed by atoms with Crippen LogP contribution in [0.25, 0.3) is 0 Å². The van der Waals surface area contributed by atoms with Crippen molar-refractivity contribution in [3.8, 4) is 0 Å². The lowest BCUT2D eigenvalue weighted by Crippen LogP contribution is -2.52. The van der Waals surface area contributed by atoms with Gasteiger partial charge in [0.25, 0.3) is 0 Å². The molecule has 2 heterocycles. The van der Waals surface area contributed by atoms with Gasteiger partial charge in [0, 0.05) is 45.0 Å². The van der Waals surface area contributed by atoms with Gasteiger partial charge >= 0.3 is 0 Å². The van der Waals surface area contributed by atoms with Gasteiger partial charge in [0.05, 0.1) is 25.0 Å². The number of nitrogens with zero attached hydrogens (tertiary/aromatic N) is 5. The topological polar surface area (TPSA) is 48.7 Å². The lowest BCUT2D eigenvalue weighted by molar-refractivity contribution is 0.370. The van der Waals surface area contributed by atoms with E-state index in [4.69, 9.17) is 0 Å². The maximum absolute atomic E-state index is 14.0. The number of benzene rings is 1. The molecule has 1 aromatic heterocycles. The fourth-order valence-electron chi connectivity index (χ4n) is 3.16. The first kappa shape index (κ1) is 22.4. The lowest BCUT2D eigenvalue weighted by atomic mass is 10.2. The Kier molecular flexibility index (Phi) is 8.46. The van der Waals surface area contributed by atoms with Crippen LogP contribution in [0.15, 0.2) is 35.6 Å². The Labute approximate surface area is 181 Å². The third-order valence-electron chi connectivity index (χ3n) is 4.52. The van der Waals surface area contributed by atoms with E-state index in [1.165, 1.54) is 12.1 Å². The minimum absolute atomic E-state index is 0. The number of halogens is 3. The number of hydrogen-bond donors (Lipinski definition) is 1. The van der Waals surface area contributed by atoms with Crippen molar-refractivity contribution in [2.45, 2.75) is 20.4 Å². The molecule has 1 aliphatic rings. The van der Waals surface area contributed by atoms with Crippen molar-refractivity contribution in [1.29, 1.82) is 0 Å². The highest BCUT2D eigenvalue weighted by atomic mass is 127. The molecule has 1 saturated heterocycles.